The molecule has 1 aromatic rings. The van der Waals surface area contributed by atoms with Gasteiger partial charge in [0.15, 0.2) is 0 Å². The molecule has 0 fully saturated rings. The van der Waals surface area contributed by atoms with Crippen LogP contribution in [-0.2, 0) is 0 Å². The van der Waals surface area contributed by atoms with E-state index in [0.717, 1.165) is 10.9 Å². The quantitative estimate of drug-likeness (QED) is 0.552. The predicted octanol–water partition coefficient (Wildman–Crippen LogP) is 2.15. The third-order valence-electron chi connectivity index (χ3n) is 2.01. The van der Waals surface area contributed by atoms with Crippen LogP contribution in [0.4, 0.5) is 5.69 Å². The lowest BCUT2D eigenvalue weighted by molar-refractivity contribution is 0.462. The molecule has 4 heteroatoms. The van der Waals surface area contributed by atoms with E-state index in [-0.39, 0.29) is 11.8 Å². The first-order valence-electron chi connectivity index (χ1n) is 4.10. The second-order valence-corrected chi connectivity index (χ2v) is 3.77. The molecule has 0 heterocycles. The van der Waals surface area contributed by atoms with Gasteiger partial charge in [0.25, 0.3) is 0 Å². The highest BCUT2D eigenvalue weighted by molar-refractivity contribution is 9.10. The van der Waals surface area contributed by atoms with Gasteiger partial charge >= 0.3 is 0 Å². The van der Waals surface area contributed by atoms with Crippen LogP contribution < -0.4 is 11.5 Å². The Bertz CT molecular complexity index is 315. The maximum atomic E-state index is 9.64. The van der Waals surface area contributed by atoms with Crippen LogP contribution >= 0.6 is 15.9 Å². The third kappa shape index (κ3) is 1.95. The molecule has 13 heavy (non-hydrogen) atoms. The second kappa shape index (κ2) is 3.98. The summed E-state index contributed by atoms with van der Waals surface area (Å²) >= 11 is 3.33. The summed E-state index contributed by atoms with van der Waals surface area (Å²) in [5.74, 6) is 0.0868. The highest BCUT2D eigenvalue weighted by atomic mass is 79.9. The van der Waals surface area contributed by atoms with Crippen LogP contribution in [0.3, 0.4) is 0 Å². The molecule has 0 bridgehead atoms. The van der Waals surface area contributed by atoms with Gasteiger partial charge in [0.1, 0.15) is 5.75 Å². The number of hydrogen-bond acceptors (Lipinski definition) is 3. The first-order chi connectivity index (χ1) is 6.07. The number of nitrogens with two attached hydrogens (primary N) is 2. The number of benzene rings is 1. The Balaban J connectivity index is 3.25. The van der Waals surface area contributed by atoms with Gasteiger partial charge in [-0.05, 0) is 18.6 Å². The van der Waals surface area contributed by atoms with Crippen LogP contribution in [0, 0.1) is 0 Å². The summed E-state index contributed by atoms with van der Waals surface area (Å²) in [6.45, 7) is 1.96. The summed E-state index contributed by atoms with van der Waals surface area (Å²) < 4.78 is 0.800. The topological polar surface area (TPSA) is 72.3 Å². The molecule has 5 N–H and O–H groups in total. The minimum atomic E-state index is -0.183. The summed E-state index contributed by atoms with van der Waals surface area (Å²) in [6, 6.07) is 3.25. The molecule has 0 aliphatic rings. The van der Waals surface area contributed by atoms with Crippen molar-refractivity contribution in [1.29, 1.82) is 0 Å². The van der Waals surface area contributed by atoms with Crippen LogP contribution in [0.2, 0.25) is 0 Å². The number of hydrogen-bond donors (Lipinski definition) is 3. The van der Waals surface area contributed by atoms with Crippen molar-refractivity contribution < 1.29 is 5.11 Å². The zero-order valence-electron chi connectivity index (χ0n) is 7.42. The van der Waals surface area contributed by atoms with E-state index in [4.69, 9.17) is 11.5 Å². The monoisotopic (exact) mass is 244 g/mol. The normalized spacial score (nSPS) is 12.8. The van der Waals surface area contributed by atoms with Crippen molar-refractivity contribution in [2.45, 2.75) is 19.4 Å². The molecule has 0 spiro atoms. The Morgan fingerprint density at radius 2 is 2.15 bits per heavy atom. The molecule has 1 rings (SSSR count). The van der Waals surface area contributed by atoms with E-state index in [1.807, 2.05) is 6.92 Å². The van der Waals surface area contributed by atoms with Crippen molar-refractivity contribution in [1.82, 2.24) is 0 Å². The van der Waals surface area contributed by atoms with E-state index in [0.29, 0.717) is 11.3 Å². The number of halogens is 1. The van der Waals surface area contributed by atoms with Crippen LogP contribution in [-0.4, -0.2) is 5.11 Å². The molecule has 1 atom stereocenters. The lowest BCUT2D eigenvalue weighted by Gasteiger charge is -2.14. The molecule has 0 aliphatic heterocycles. The van der Waals surface area contributed by atoms with Gasteiger partial charge in [-0.25, -0.2) is 0 Å². The lowest BCUT2D eigenvalue weighted by atomic mass is 10.0. The molecule has 72 valence electrons. The average molecular weight is 245 g/mol. The number of phenols is 1. The average Bonchev–Trinajstić information content (AvgIpc) is 2.12. The molecule has 0 radical (unpaired) electrons. The molecule has 0 amide bonds. The van der Waals surface area contributed by atoms with Gasteiger partial charge in [-0.2, -0.15) is 0 Å². The molecule has 0 saturated heterocycles. The van der Waals surface area contributed by atoms with Crippen molar-refractivity contribution in [3.63, 3.8) is 0 Å². The van der Waals surface area contributed by atoms with Crippen molar-refractivity contribution in [2.75, 3.05) is 5.73 Å². The minimum absolute atomic E-state index is 0.0868. The smallest absolute Gasteiger partial charge is 0.144 e. The maximum Gasteiger partial charge on any atom is 0.144 e. The molecule has 0 aromatic heterocycles. The van der Waals surface area contributed by atoms with E-state index in [2.05, 4.69) is 15.9 Å². The van der Waals surface area contributed by atoms with E-state index in [9.17, 15) is 5.11 Å². The summed E-state index contributed by atoms with van der Waals surface area (Å²) in [5, 5.41) is 9.64. The van der Waals surface area contributed by atoms with Crippen molar-refractivity contribution >= 4 is 21.6 Å². The zero-order valence-corrected chi connectivity index (χ0v) is 9.01. The van der Waals surface area contributed by atoms with E-state index in [1.54, 1.807) is 12.1 Å². The molecule has 3 nitrogen and oxygen atoms in total. The summed E-state index contributed by atoms with van der Waals surface area (Å²) in [4.78, 5) is 0. The van der Waals surface area contributed by atoms with Gasteiger partial charge in [0, 0.05) is 16.1 Å². The second-order valence-electron chi connectivity index (χ2n) is 2.91. The van der Waals surface area contributed by atoms with Crippen LogP contribution in [0.5, 0.6) is 5.75 Å². The standard InChI is InChI=1S/C9H13BrN2O/c1-2-6(11)8-5(10)3-4-7(12)9(8)13/h3-4,6,13H,2,11-12H2,1H3/t6-/m1/s1. The van der Waals surface area contributed by atoms with Crippen molar-refractivity contribution in [3.05, 3.63) is 22.2 Å². The Morgan fingerprint density at radius 3 is 2.69 bits per heavy atom. The SMILES string of the molecule is CC[C@@H](N)c1c(Br)ccc(N)c1O. The predicted molar refractivity (Wildman–Crippen MR) is 57.4 cm³/mol. The fourth-order valence-corrected chi connectivity index (χ4v) is 1.77. The molecule has 0 saturated carbocycles. The molecular weight excluding hydrogens is 232 g/mol. The molecule has 0 aliphatic carbocycles. The first-order valence-corrected chi connectivity index (χ1v) is 4.89. The minimum Gasteiger partial charge on any atom is -0.505 e. The number of anilines is 1. The van der Waals surface area contributed by atoms with E-state index in [1.165, 1.54) is 0 Å². The number of rotatable bonds is 2. The highest BCUT2D eigenvalue weighted by Crippen LogP contribution is 2.36. The summed E-state index contributed by atoms with van der Waals surface area (Å²) in [7, 11) is 0. The Morgan fingerprint density at radius 1 is 1.54 bits per heavy atom. The number of aromatic hydroxyl groups is 1. The molecule has 0 unspecified atom stereocenters. The first kappa shape index (κ1) is 10.3. The molecule has 1 aromatic carbocycles. The van der Waals surface area contributed by atoms with Crippen molar-refractivity contribution in [3.8, 4) is 5.75 Å². The Kier molecular flexibility index (Phi) is 3.17. The largest absolute Gasteiger partial charge is 0.505 e. The summed E-state index contributed by atoms with van der Waals surface area (Å²) in [5.41, 5.74) is 12.4. The fraction of sp³-hybridized carbons (Fsp3) is 0.333. The van der Waals surface area contributed by atoms with Crippen LogP contribution in [0.15, 0.2) is 16.6 Å². The van der Waals surface area contributed by atoms with Gasteiger partial charge in [-0.1, -0.05) is 22.9 Å². The van der Waals surface area contributed by atoms with Crippen LogP contribution in [0.25, 0.3) is 0 Å². The van der Waals surface area contributed by atoms with Crippen molar-refractivity contribution in [2.24, 2.45) is 5.73 Å². The number of phenolic OH excluding ortho intramolecular Hbond substituents is 1. The lowest BCUT2D eigenvalue weighted by Crippen LogP contribution is -2.10. The summed E-state index contributed by atoms with van der Waals surface area (Å²) in [6.07, 6.45) is 0.760. The van der Waals surface area contributed by atoms with Gasteiger partial charge in [-0.3, -0.25) is 0 Å². The van der Waals surface area contributed by atoms with Gasteiger partial charge in [0.2, 0.25) is 0 Å². The Hall–Kier alpha value is -0.740. The molecular formula is C9H13BrN2O. The van der Waals surface area contributed by atoms with Gasteiger partial charge < -0.3 is 16.6 Å². The highest BCUT2D eigenvalue weighted by Gasteiger charge is 2.14. The van der Waals surface area contributed by atoms with Gasteiger partial charge in [-0.15, -0.1) is 0 Å². The van der Waals surface area contributed by atoms with E-state index < -0.39 is 0 Å². The zero-order chi connectivity index (χ0) is 10.0. The van der Waals surface area contributed by atoms with E-state index >= 15 is 0 Å². The van der Waals surface area contributed by atoms with Crippen LogP contribution in [0.1, 0.15) is 24.9 Å². The van der Waals surface area contributed by atoms with Gasteiger partial charge in [0.05, 0.1) is 5.69 Å². The maximum absolute atomic E-state index is 9.64. The third-order valence-corrected chi connectivity index (χ3v) is 2.70. The Labute approximate surface area is 85.9 Å². The number of nitrogen functional groups attached to an aromatic ring is 1. The fourth-order valence-electron chi connectivity index (χ4n) is 1.16.